The van der Waals surface area contributed by atoms with E-state index in [-0.39, 0.29) is 53.1 Å². The number of Topliss-reactive ketones (excluding diaryl/α,β-unsaturated/α-hetero) is 1. The maximum absolute atomic E-state index is 15.4. The highest BCUT2D eigenvalue weighted by molar-refractivity contribution is 6.34. The SMILES string of the molecule is C=CCO[C@@H](OC1CCC(C(=O)OCC)CC1)N1CCC[C@H]1C(=O)Cc1cc(Cl)c(NC(=O)c2cn(C)c3ccccc23)cc1F. The molecule has 2 aromatic carbocycles. The number of para-hydroxylation sites is 1. The van der Waals surface area contributed by atoms with Crippen molar-refractivity contribution < 1.29 is 33.0 Å². The van der Waals surface area contributed by atoms with Crippen LogP contribution in [0.3, 0.4) is 0 Å². The third kappa shape index (κ3) is 7.69. The van der Waals surface area contributed by atoms with Gasteiger partial charge in [0, 0.05) is 37.1 Å². The second-order valence-electron chi connectivity index (χ2n) is 11.9. The van der Waals surface area contributed by atoms with Crippen molar-refractivity contribution in [3.05, 3.63) is 77.2 Å². The van der Waals surface area contributed by atoms with E-state index in [4.69, 9.17) is 25.8 Å². The molecule has 0 spiro atoms. The van der Waals surface area contributed by atoms with Crippen LogP contribution in [0.2, 0.25) is 5.02 Å². The van der Waals surface area contributed by atoms with Crippen LogP contribution >= 0.6 is 11.6 Å². The molecule has 2 atom stereocenters. The number of nitrogens with one attached hydrogen (secondary N) is 1. The van der Waals surface area contributed by atoms with E-state index in [1.807, 2.05) is 40.8 Å². The molecule has 1 aliphatic heterocycles. The lowest BCUT2D eigenvalue weighted by Crippen LogP contribution is -2.48. The van der Waals surface area contributed by atoms with Gasteiger partial charge in [0.25, 0.3) is 5.91 Å². The number of likely N-dealkylation sites (tertiary alicyclic amines) is 1. The van der Waals surface area contributed by atoms with Gasteiger partial charge < -0.3 is 24.1 Å². The number of hydrogen-bond donors (Lipinski definition) is 1. The minimum Gasteiger partial charge on any atom is -0.466 e. The predicted molar refractivity (Wildman–Crippen MR) is 174 cm³/mol. The summed E-state index contributed by atoms with van der Waals surface area (Å²) in [5, 5.41) is 3.62. The summed E-state index contributed by atoms with van der Waals surface area (Å²) in [5.74, 6) is -1.53. The quantitative estimate of drug-likeness (QED) is 0.129. The van der Waals surface area contributed by atoms with Crippen LogP contribution in [0.1, 0.15) is 61.4 Å². The number of aromatic nitrogens is 1. The van der Waals surface area contributed by atoms with Crippen LogP contribution < -0.4 is 5.32 Å². The summed E-state index contributed by atoms with van der Waals surface area (Å²) < 4.78 is 34.8. The van der Waals surface area contributed by atoms with Gasteiger partial charge >= 0.3 is 5.97 Å². The Morgan fingerprint density at radius 2 is 1.91 bits per heavy atom. The van der Waals surface area contributed by atoms with Crippen molar-refractivity contribution in [3.63, 3.8) is 0 Å². The Bertz CT molecular complexity index is 1580. The zero-order chi connectivity index (χ0) is 32.8. The molecular formula is C35H41ClFN3O6. The minimum absolute atomic E-state index is 0.125. The monoisotopic (exact) mass is 653 g/mol. The molecule has 5 rings (SSSR count). The Morgan fingerprint density at radius 3 is 2.65 bits per heavy atom. The highest BCUT2D eigenvalue weighted by Gasteiger charge is 2.38. The normalized spacial score (nSPS) is 20.8. The third-order valence-corrected chi connectivity index (χ3v) is 9.10. The molecule has 246 valence electrons. The number of hydrogen-bond acceptors (Lipinski definition) is 7. The number of halogens is 2. The molecule has 2 fully saturated rings. The standard InChI is InChI=1S/C35H41ClFN3O6/c1-4-17-45-35(46-24-14-12-22(13-15-24)34(43)44-5-2)40-16-8-11-31(40)32(41)19-23-18-27(36)29(20-28(23)37)38-33(42)26-21-39(3)30-10-7-6-9-25(26)30/h4,6-7,9-10,18,20-22,24,31,35H,1,5,8,11-17,19H2,2-3H3,(H,38,42)/t22?,24?,31-,35-/m0/s1. The Morgan fingerprint density at radius 1 is 1.15 bits per heavy atom. The number of aryl methyl sites for hydroxylation is 1. The van der Waals surface area contributed by atoms with Gasteiger partial charge in [-0.15, -0.1) is 6.58 Å². The van der Waals surface area contributed by atoms with E-state index in [1.54, 1.807) is 19.2 Å². The van der Waals surface area contributed by atoms with E-state index in [0.29, 0.717) is 50.8 Å². The van der Waals surface area contributed by atoms with Crippen molar-refractivity contribution in [1.29, 1.82) is 0 Å². The Balaban J connectivity index is 1.24. The lowest BCUT2D eigenvalue weighted by molar-refractivity contribution is -0.247. The van der Waals surface area contributed by atoms with Crippen LogP contribution in [0.25, 0.3) is 10.9 Å². The van der Waals surface area contributed by atoms with Crippen LogP contribution in [0.4, 0.5) is 10.1 Å². The maximum atomic E-state index is 15.4. The molecule has 1 saturated carbocycles. The minimum atomic E-state index is -0.779. The first-order valence-corrected chi connectivity index (χ1v) is 16.2. The number of ketones is 1. The molecule has 1 aliphatic carbocycles. The van der Waals surface area contributed by atoms with Gasteiger partial charge in [0.2, 0.25) is 6.41 Å². The molecule has 1 saturated heterocycles. The molecule has 1 N–H and O–H groups in total. The summed E-state index contributed by atoms with van der Waals surface area (Å²) in [7, 11) is 1.85. The zero-order valence-electron chi connectivity index (χ0n) is 26.3. The van der Waals surface area contributed by atoms with Crippen molar-refractivity contribution in [2.24, 2.45) is 13.0 Å². The molecule has 3 aromatic rings. The fourth-order valence-electron chi connectivity index (χ4n) is 6.45. The molecule has 9 nitrogen and oxygen atoms in total. The summed E-state index contributed by atoms with van der Waals surface area (Å²) in [5.41, 5.74) is 1.60. The fraction of sp³-hybridized carbons (Fsp3) is 0.457. The second-order valence-corrected chi connectivity index (χ2v) is 12.3. The van der Waals surface area contributed by atoms with Crippen LogP contribution in [0, 0.1) is 11.7 Å². The topological polar surface area (TPSA) is 99.1 Å². The number of benzene rings is 2. The number of ether oxygens (including phenoxy) is 3. The highest BCUT2D eigenvalue weighted by atomic mass is 35.5. The molecule has 11 heteroatoms. The lowest BCUT2D eigenvalue weighted by atomic mass is 9.87. The number of anilines is 1. The lowest BCUT2D eigenvalue weighted by Gasteiger charge is -2.36. The first kappa shape index (κ1) is 33.8. The summed E-state index contributed by atoms with van der Waals surface area (Å²) >= 11 is 6.50. The van der Waals surface area contributed by atoms with E-state index in [0.717, 1.165) is 23.4 Å². The molecule has 0 radical (unpaired) electrons. The summed E-state index contributed by atoms with van der Waals surface area (Å²) in [6.45, 7) is 6.71. The average molecular weight is 654 g/mol. The molecule has 1 amide bonds. The predicted octanol–water partition coefficient (Wildman–Crippen LogP) is 6.42. The van der Waals surface area contributed by atoms with Crippen molar-refractivity contribution in [2.45, 2.75) is 70.4 Å². The van der Waals surface area contributed by atoms with Gasteiger partial charge in [0.05, 0.1) is 47.6 Å². The number of carbonyl (C=O) groups excluding carboxylic acids is 3. The molecule has 2 heterocycles. The second kappa shape index (κ2) is 15.3. The van der Waals surface area contributed by atoms with E-state index in [2.05, 4.69) is 11.9 Å². The van der Waals surface area contributed by atoms with E-state index < -0.39 is 24.2 Å². The van der Waals surface area contributed by atoms with Crippen LogP contribution in [0.15, 0.2) is 55.3 Å². The van der Waals surface area contributed by atoms with Gasteiger partial charge in [0.1, 0.15) is 5.82 Å². The number of fused-ring (bicyclic) bond motifs is 1. The number of amides is 1. The molecular weight excluding hydrogens is 613 g/mol. The number of rotatable bonds is 13. The Hall–Kier alpha value is -3.57. The Kier molecular flexibility index (Phi) is 11.3. The van der Waals surface area contributed by atoms with Crippen molar-refractivity contribution in [2.75, 3.05) is 25.1 Å². The summed E-state index contributed by atoms with van der Waals surface area (Å²) in [6.07, 6.45) is 6.27. The van der Waals surface area contributed by atoms with Crippen LogP contribution in [-0.4, -0.2) is 65.4 Å². The number of nitrogens with zero attached hydrogens (tertiary/aromatic N) is 2. The highest BCUT2D eigenvalue weighted by Crippen LogP contribution is 2.32. The van der Waals surface area contributed by atoms with Gasteiger partial charge in [-0.1, -0.05) is 35.9 Å². The average Bonchev–Trinajstić information content (AvgIpc) is 3.67. The van der Waals surface area contributed by atoms with Gasteiger partial charge in [-0.05, 0) is 69.2 Å². The number of esters is 1. The van der Waals surface area contributed by atoms with Gasteiger partial charge in [0.15, 0.2) is 5.78 Å². The molecule has 0 bridgehead atoms. The van der Waals surface area contributed by atoms with Gasteiger partial charge in [-0.3, -0.25) is 14.4 Å². The van der Waals surface area contributed by atoms with Crippen molar-refractivity contribution in [1.82, 2.24) is 9.47 Å². The first-order valence-electron chi connectivity index (χ1n) is 15.9. The van der Waals surface area contributed by atoms with Crippen LogP contribution in [-0.2, 0) is 37.3 Å². The number of carbonyl (C=O) groups is 3. The van der Waals surface area contributed by atoms with E-state index >= 15 is 4.39 Å². The molecule has 2 aliphatic rings. The molecule has 1 aromatic heterocycles. The van der Waals surface area contributed by atoms with Crippen molar-refractivity contribution >= 4 is 45.9 Å². The third-order valence-electron chi connectivity index (χ3n) is 8.79. The maximum Gasteiger partial charge on any atom is 0.308 e. The zero-order valence-corrected chi connectivity index (χ0v) is 27.1. The Labute approximate surface area is 273 Å². The van der Waals surface area contributed by atoms with E-state index in [9.17, 15) is 14.4 Å². The smallest absolute Gasteiger partial charge is 0.308 e. The van der Waals surface area contributed by atoms with Crippen molar-refractivity contribution in [3.8, 4) is 0 Å². The largest absolute Gasteiger partial charge is 0.466 e. The fourth-order valence-corrected chi connectivity index (χ4v) is 6.68. The van der Waals surface area contributed by atoms with Crippen LogP contribution in [0.5, 0.6) is 0 Å². The summed E-state index contributed by atoms with van der Waals surface area (Å²) in [4.78, 5) is 40.8. The first-order chi connectivity index (χ1) is 22.2. The molecule has 0 unspecified atom stereocenters. The van der Waals surface area contributed by atoms with Gasteiger partial charge in [-0.25, -0.2) is 9.29 Å². The van der Waals surface area contributed by atoms with Gasteiger partial charge in [-0.2, -0.15) is 0 Å². The van der Waals surface area contributed by atoms with E-state index in [1.165, 1.54) is 6.07 Å². The molecule has 46 heavy (non-hydrogen) atoms. The summed E-state index contributed by atoms with van der Waals surface area (Å²) in [6, 6.07) is 9.53.